The lowest BCUT2D eigenvalue weighted by molar-refractivity contribution is 0.177. The second kappa shape index (κ2) is 5.48. The first-order chi connectivity index (χ1) is 7.74. The maximum absolute atomic E-state index is 5.77. The van der Waals surface area contributed by atoms with Crippen molar-refractivity contribution in [2.75, 3.05) is 33.3 Å². The highest BCUT2D eigenvalue weighted by atomic mass is 35.5. The molecule has 1 fully saturated rings. The van der Waals surface area contributed by atoms with Gasteiger partial charge < -0.3 is 15.0 Å². The van der Waals surface area contributed by atoms with E-state index in [0.29, 0.717) is 23.7 Å². The fourth-order valence-corrected chi connectivity index (χ4v) is 1.92. The van der Waals surface area contributed by atoms with Gasteiger partial charge in [-0.1, -0.05) is 17.7 Å². The summed E-state index contributed by atoms with van der Waals surface area (Å²) in [5, 5.41) is 3.87. The van der Waals surface area contributed by atoms with Crippen LogP contribution in [-0.4, -0.2) is 49.2 Å². The number of hydrogen-bond acceptors (Lipinski definition) is 4. The number of aromatic nitrogens is 1. The molecule has 2 rings (SSSR count). The molecule has 1 aromatic rings. The van der Waals surface area contributed by atoms with E-state index in [4.69, 9.17) is 16.3 Å². The number of ether oxygens (including phenoxy) is 1. The van der Waals surface area contributed by atoms with Gasteiger partial charge in [0.15, 0.2) is 0 Å². The van der Waals surface area contributed by atoms with Gasteiger partial charge in [0.1, 0.15) is 11.8 Å². The van der Waals surface area contributed by atoms with Gasteiger partial charge in [0.25, 0.3) is 0 Å². The van der Waals surface area contributed by atoms with Crippen molar-refractivity contribution < 1.29 is 4.74 Å². The van der Waals surface area contributed by atoms with Crippen LogP contribution in [0.25, 0.3) is 0 Å². The zero-order valence-corrected chi connectivity index (χ0v) is 10.1. The molecule has 0 amide bonds. The Balaban J connectivity index is 1.82. The van der Waals surface area contributed by atoms with Gasteiger partial charge in [-0.2, -0.15) is 0 Å². The highest BCUT2D eigenvalue weighted by Crippen LogP contribution is 2.11. The molecular weight excluding hydrogens is 226 g/mol. The largest absolute Gasteiger partial charge is 0.476 e. The number of rotatable bonds is 3. The Hall–Kier alpha value is -0.840. The van der Waals surface area contributed by atoms with Crippen molar-refractivity contribution in [1.82, 2.24) is 15.2 Å². The first-order valence-corrected chi connectivity index (χ1v) is 5.79. The number of likely N-dealkylation sites (N-methyl/N-ethyl adjacent to an activating group) is 1. The Kier molecular flexibility index (Phi) is 3.98. The van der Waals surface area contributed by atoms with Crippen molar-refractivity contribution in [2.24, 2.45) is 0 Å². The molecule has 0 spiro atoms. The van der Waals surface area contributed by atoms with Gasteiger partial charge in [0.2, 0.25) is 5.88 Å². The van der Waals surface area contributed by atoms with Crippen LogP contribution in [0, 0.1) is 0 Å². The number of hydrogen-bond donors (Lipinski definition) is 1. The minimum absolute atomic E-state index is 0.361. The van der Waals surface area contributed by atoms with Crippen molar-refractivity contribution in [1.29, 1.82) is 0 Å². The van der Waals surface area contributed by atoms with Gasteiger partial charge in [0, 0.05) is 25.7 Å². The van der Waals surface area contributed by atoms with Crippen molar-refractivity contribution in [3.8, 4) is 5.88 Å². The minimum atomic E-state index is 0.361. The molecule has 0 radical (unpaired) electrons. The number of halogens is 1. The molecule has 16 heavy (non-hydrogen) atoms. The first-order valence-electron chi connectivity index (χ1n) is 5.41. The van der Waals surface area contributed by atoms with Crippen LogP contribution in [0.5, 0.6) is 5.88 Å². The monoisotopic (exact) mass is 241 g/mol. The second-order valence-corrected chi connectivity index (χ2v) is 4.41. The average molecular weight is 242 g/mol. The molecule has 1 N–H and O–H groups in total. The lowest BCUT2D eigenvalue weighted by atomic mass is 10.2. The third-order valence-corrected chi connectivity index (χ3v) is 2.79. The Labute approximate surface area is 101 Å². The predicted molar refractivity (Wildman–Crippen MR) is 64.0 cm³/mol. The van der Waals surface area contributed by atoms with Gasteiger partial charge in [-0.25, -0.2) is 4.98 Å². The third kappa shape index (κ3) is 3.33. The van der Waals surface area contributed by atoms with Crippen LogP contribution in [-0.2, 0) is 0 Å². The fraction of sp³-hybridized carbons (Fsp3) is 0.545. The topological polar surface area (TPSA) is 37.4 Å². The fourth-order valence-electron chi connectivity index (χ4n) is 1.76. The van der Waals surface area contributed by atoms with E-state index in [9.17, 15) is 0 Å². The summed E-state index contributed by atoms with van der Waals surface area (Å²) in [6, 6.07) is 5.75. The van der Waals surface area contributed by atoms with E-state index in [1.807, 2.05) is 12.1 Å². The van der Waals surface area contributed by atoms with Crippen LogP contribution in [0.1, 0.15) is 0 Å². The Morgan fingerprint density at radius 3 is 3.25 bits per heavy atom. The van der Waals surface area contributed by atoms with Crippen LogP contribution in [0.2, 0.25) is 5.15 Å². The van der Waals surface area contributed by atoms with E-state index in [-0.39, 0.29) is 0 Å². The summed E-state index contributed by atoms with van der Waals surface area (Å²) >= 11 is 5.77. The highest BCUT2D eigenvalue weighted by Gasteiger charge is 2.16. The van der Waals surface area contributed by atoms with Gasteiger partial charge in [-0.15, -0.1) is 0 Å². The average Bonchev–Trinajstić information content (AvgIpc) is 2.27. The molecule has 1 aromatic heterocycles. The molecule has 88 valence electrons. The summed E-state index contributed by atoms with van der Waals surface area (Å²) < 4.78 is 5.59. The molecule has 1 unspecified atom stereocenters. The van der Waals surface area contributed by atoms with Crippen LogP contribution in [0.4, 0.5) is 0 Å². The minimum Gasteiger partial charge on any atom is -0.476 e. The van der Waals surface area contributed by atoms with Crippen LogP contribution >= 0.6 is 11.6 Å². The van der Waals surface area contributed by atoms with E-state index in [1.54, 1.807) is 6.07 Å². The summed E-state index contributed by atoms with van der Waals surface area (Å²) in [7, 11) is 2.12. The normalized spacial score (nSPS) is 22.0. The molecule has 1 aliphatic rings. The van der Waals surface area contributed by atoms with Crippen LogP contribution in [0.3, 0.4) is 0 Å². The molecule has 2 heterocycles. The first kappa shape index (κ1) is 11.6. The summed E-state index contributed by atoms with van der Waals surface area (Å²) in [4.78, 5) is 6.37. The summed E-state index contributed by atoms with van der Waals surface area (Å²) in [6.45, 7) is 3.72. The zero-order valence-electron chi connectivity index (χ0n) is 9.32. The van der Waals surface area contributed by atoms with Crippen LogP contribution < -0.4 is 10.1 Å². The molecule has 0 aromatic carbocycles. The van der Waals surface area contributed by atoms with E-state index < -0.39 is 0 Å². The summed E-state index contributed by atoms with van der Waals surface area (Å²) in [5.74, 6) is 0.586. The van der Waals surface area contributed by atoms with Crippen LogP contribution in [0.15, 0.2) is 18.2 Å². The quantitative estimate of drug-likeness (QED) is 0.802. The van der Waals surface area contributed by atoms with Gasteiger partial charge in [0.05, 0.1) is 6.04 Å². The molecule has 0 aliphatic carbocycles. The van der Waals surface area contributed by atoms with Gasteiger partial charge >= 0.3 is 0 Å². The molecule has 5 heteroatoms. The molecule has 1 atom stereocenters. The van der Waals surface area contributed by atoms with Gasteiger partial charge in [-0.05, 0) is 13.1 Å². The van der Waals surface area contributed by atoms with Gasteiger partial charge in [-0.3, -0.25) is 0 Å². The maximum Gasteiger partial charge on any atom is 0.214 e. The lowest BCUT2D eigenvalue weighted by Crippen LogP contribution is -2.51. The van der Waals surface area contributed by atoms with Crippen molar-refractivity contribution in [3.05, 3.63) is 23.4 Å². The highest BCUT2D eigenvalue weighted by molar-refractivity contribution is 6.29. The Morgan fingerprint density at radius 2 is 2.50 bits per heavy atom. The van der Waals surface area contributed by atoms with E-state index in [1.165, 1.54) is 0 Å². The molecule has 1 aliphatic heterocycles. The number of nitrogens with zero attached hydrogens (tertiary/aromatic N) is 2. The Bertz CT molecular complexity index is 348. The molecule has 1 saturated heterocycles. The number of nitrogens with one attached hydrogen (secondary N) is 1. The van der Waals surface area contributed by atoms with Crippen molar-refractivity contribution >= 4 is 11.6 Å². The smallest absolute Gasteiger partial charge is 0.214 e. The SMILES string of the molecule is CN1CCNC(COc2cccc(Cl)n2)C1. The van der Waals surface area contributed by atoms with E-state index >= 15 is 0 Å². The zero-order chi connectivity index (χ0) is 11.4. The molecule has 0 bridgehead atoms. The van der Waals surface area contributed by atoms with E-state index in [0.717, 1.165) is 19.6 Å². The van der Waals surface area contributed by atoms with Crippen molar-refractivity contribution in [2.45, 2.75) is 6.04 Å². The molecule has 4 nitrogen and oxygen atoms in total. The summed E-state index contributed by atoms with van der Waals surface area (Å²) in [6.07, 6.45) is 0. The third-order valence-electron chi connectivity index (χ3n) is 2.58. The molecule has 0 saturated carbocycles. The number of pyridine rings is 1. The molecular formula is C11H16ClN3O. The van der Waals surface area contributed by atoms with Crippen molar-refractivity contribution in [3.63, 3.8) is 0 Å². The second-order valence-electron chi connectivity index (χ2n) is 4.02. The predicted octanol–water partition coefficient (Wildman–Crippen LogP) is 1.02. The Morgan fingerprint density at radius 1 is 1.62 bits per heavy atom. The van der Waals surface area contributed by atoms with E-state index in [2.05, 4.69) is 22.2 Å². The maximum atomic E-state index is 5.77. The lowest BCUT2D eigenvalue weighted by Gasteiger charge is -2.30. The standard InChI is InChI=1S/C11H16ClN3O/c1-15-6-5-13-9(7-15)8-16-11-4-2-3-10(12)14-11/h2-4,9,13H,5-8H2,1H3. The number of piperazine rings is 1. The summed E-state index contributed by atoms with van der Waals surface area (Å²) in [5.41, 5.74) is 0.